The third kappa shape index (κ3) is 7.09. The van der Waals surface area contributed by atoms with E-state index < -0.39 is 48.3 Å². The van der Waals surface area contributed by atoms with Crippen LogP contribution in [0.1, 0.15) is 49.1 Å². The molecule has 71 heavy (non-hydrogen) atoms. The van der Waals surface area contributed by atoms with Crippen molar-refractivity contribution in [1.29, 1.82) is 0 Å². The number of hydrogen-bond acceptors (Lipinski definition) is 2. The van der Waals surface area contributed by atoms with Gasteiger partial charge >= 0.3 is 0 Å². The lowest BCUT2D eigenvalue weighted by atomic mass is 9.95. The number of imidazole rings is 1. The molecule has 4 aromatic heterocycles. The second-order valence-electron chi connectivity index (χ2n) is 17.7. The molecule has 13 rings (SSSR count). The largest absolute Gasteiger partial charge is 0.458 e. The molecule has 0 fully saturated rings. The average Bonchev–Trinajstić information content (AvgIpc) is 3.67. The van der Waals surface area contributed by atoms with Crippen LogP contribution in [0.3, 0.4) is 0 Å². The summed E-state index contributed by atoms with van der Waals surface area (Å²) in [5.41, 5.74) is 10.7. The van der Waals surface area contributed by atoms with Crippen molar-refractivity contribution in [1.82, 2.24) is 18.7 Å². The van der Waals surface area contributed by atoms with E-state index in [1.54, 1.807) is 10.6 Å². The second-order valence-corrected chi connectivity index (χ2v) is 17.7. The zero-order valence-electron chi connectivity index (χ0n) is 47.0. The lowest BCUT2D eigenvalue weighted by Crippen LogP contribution is -2.31. The first-order chi connectivity index (χ1) is 38.5. The first kappa shape index (κ1) is 34.3. The summed E-state index contributed by atoms with van der Waals surface area (Å²) >= 11 is 0. The summed E-state index contributed by atoms with van der Waals surface area (Å²) in [5.74, 6) is 1.75. The van der Waals surface area contributed by atoms with E-state index in [1.807, 2.05) is 114 Å². The van der Waals surface area contributed by atoms with E-state index in [4.69, 9.17) is 15.2 Å². The molecular weight excluding hydrogens is 867 g/mol. The molecule has 0 aliphatic heterocycles. The first-order valence-electron chi connectivity index (χ1n) is 28.0. The van der Waals surface area contributed by atoms with Crippen molar-refractivity contribution in [3.63, 3.8) is 0 Å². The number of hydrogen-bond donors (Lipinski definition) is 0. The van der Waals surface area contributed by atoms with Crippen LogP contribution in [0, 0.1) is 6.33 Å². The van der Waals surface area contributed by atoms with Crippen molar-refractivity contribution in [2.24, 2.45) is 0 Å². The third-order valence-electron chi connectivity index (χ3n) is 13.8. The molecule has 0 atom stereocenters. The fourth-order valence-corrected chi connectivity index (χ4v) is 10.5. The van der Waals surface area contributed by atoms with Crippen molar-refractivity contribution in [3.05, 3.63) is 242 Å². The van der Waals surface area contributed by atoms with Crippen LogP contribution in [0.4, 0.5) is 0 Å². The number of ether oxygens (including phenoxy) is 1. The van der Waals surface area contributed by atoms with Gasteiger partial charge in [0.05, 0.1) is 61.1 Å². The molecule has 0 radical (unpaired) electrons. The highest BCUT2D eigenvalue weighted by Gasteiger charge is 2.24. The number of aromatic nitrogens is 5. The molecule has 340 valence electrons. The molecule has 0 saturated carbocycles. The van der Waals surface area contributed by atoms with Gasteiger partial charge in [0.15, 0.2) is 0 Å². The zero-order valence-corrected chi connectivity index (χ0v) is 39.0. The molecule has 6 nitrogen and oxygen atoms in total. The molecule has 6 heteroatoms. The molecule has 4 heterocycles. The predicted molar refractivity (Wildman–Crippen MR) is 291 cm³/mol. The maximum Gasteiger partial charge on any atom is 0.269 e. The van der Waals surface area contributed by atoms with E-state index in [1.165, 1.54) is 0 Å². The minimum absolute atomic E-state index is 0.00622. The molecule has 0 bridgehead atoms. The summed E-state index contributed by atoms with van der Waals surface area (Å²) in [4.78, 5) is 4.98. The van der Waals surface area contributed by atoms with Crippen molar-refractivity contribution in [3.8, 4) is 56.6 Å². The van der Waals surface area contributed by atoms with Gasteiger partial charge in [0, 0.05) is 39.9 Å². The number of nitrogens with zero attached hydrogens (tertiary/aromatic N) is 5. The van der Waals surface area contributed by atoms with Gasteiger partial charge in [0.1, 0.15) is 17.3 Å². The maximum atomic E-state index is 9.49. The average molecular weight is 924 g/mol. The Hall–Kier alpha value is -9.00. The van der Waals surface area contributed by atoms with Crippen LogP contribution in [0.2, 0.25) is 0 Å². The van der Waals surface area contributed by atoms with Gasteiger partial charge in [-0.3, -0.25) is 13.7 Å². The van der Waals surface area contributed by atoms with E-state index in [0.29, 0.717) is 33.9 Å². The predicted octanol–water partition coefficient (Wildman–Crippen LogP) is 16.3. The van der Waals surface area contributed by atoms with E-state index in [9.17, 15) is 5.48 Å². The molecule has 13 aromatic rings. The Kier molecular flexibility index (Phi) is 8.46. The SMILES string of the molecule is [2H]c1c([2H])c([2H])c2c(c1[2H])c1c([2H])c([2H])c([2H])c([2H])c1n2-c1cc(Oc2cccc(-n3[c-][n+](-c4c(-c5ccccc5)cccc4-c4ccccc4)c4ccccc43)c2)cc2c1c1ccccc1n2-c1cc(C(CC)CC)ccn1. The highest BCUT2D eigenvalue weighted by Crippen LogP contribution is 2.43. The minimum atomic E-state index is -0.513. The smallest absolute Gasteiger partial charge is 0.269 e. The number of rotatable bonds is 11. The molecule has 9 aromatic carbocycles. The Labute approximate surface area is 423 Å². The van der Waals surface area contributed by atoms with Gasteiger partial charge in [-0.2, -0.15) is 0 Å². The summed E-state index contributed by atoms with van der Waals surface area (Å²) in [6.07, 6.45) is 7.45. The van der Waals surface area contributed by atoms with Crippen molar-refractivity contribution in [2.45, 2.75) is 32.6 Å². The molecule has 0 amide bonds. The van der Waals surface area contributed by atoms with E-state index in [-0.39, 0.29) is 27.7 Å². The minimum Gasteiger partial charge on any atom is -0.458 e. The van der Waals surface area contributed by atoms with Crippen molar-refractivity contribution >= 4 is 54.6 Å². The summed E-state index contributed by atoms with van der Waals surface area (Å²) in [5, 5.41) is 1.39. The molecule has 0 saturated heterocycles. The molecule has 0 aliphatic rings. The zero-order chi connectivity index (χ0) is 54.4. The Morgan fingerprint density at radius 1 is 0.549 bits per heavy atom. The Morgan fingerprint density at radius 2 is 1.18 bits per heavy atom. The summed E-state index contributed by atoms with van der Waals surface area (Å²) in [6, 6.07) is 55.2. The van der Waals surface area contributed by atoms with Gasteiger partial charge in [-0.1, -0.05) is 177 Å². The highest BCUT2D eigenvalue weighted by atomic mass is 16.5. The van der Waals surface area contributed by atoms with Crippen LogP contribution in [-0.4, -0.2) is 18.7 Å². The molecule has 0 spiro atoms. The van der Waals surface area contributed by atoms with Gasteiger partial charge in [-0.15, -0.1) is 0 Å². The van der Waals surface area contributed by atoms with Gasteiger partial charge in [-0.25, -0.2) is 4.98 Å². The second kappa shape index (κ2) is 17.5. The van der Waals surface area contributed by atoms with Crippen molar-refractivity contribution in [2.75, 3.05) is 0 Å². The summed E-state index contributed by atoms with van der Waals surface area (Å²) in [7, 11) is 0. The van der Waals surface area contributed by atoms with Crippen LogP contribution in [-0.2, 0) is 0 Å². The van der Waals surface area contributed by atoms with E-state index >= 15 is 0 Å². The molecule has 0 N–H and O–H groups in total. The standard InChI is InChI=1S/C65H49N5O/c1-3-44(4-2)47-37-38-66-63(39-47)70-58-34-16-13-29-55(58)64-61(69-56-32-14-11-27-53(56)54-28-12-15-33-57(54)69)41-50(42-62(64)70)71-49-26-19-25-48(40-49)67-43-68(60-36-18-17-35-59(60)67)65-51(45-21-7-5-8-22-45)30-20-31-52(65)46-23-9-6-10-24-46/h5-42,44H,3-4H2,1-2H3/i11D,12D,14D,15D,27D,28D,32D,33D. The van der Waals surface area contributed by atoms with Crippen LogP contribution in [0.5, 0.6) is 11.5 Å². The van der Waals surface area contributed by atoms with Gasteiger partial charge in [0.2, 0.25) is 0 Å². The fourth-order valence-electron chi connectivity index (χ4n) is 10.5. The topological polar surface area (TPSA) is 40.8 Å². The van der Waals surface area contributed by atoms with Gasteiger partial charge in [0.25, 0.3) is 6.33 Å². The Balaban J connectivity index is 1.06. The lowest BCUT2D eigenvalue weighted by molar-refractivity contribution is -0.571. The molecule has 0 aliphatic carbocycles. The number of fused-ring (bicyclic) bond motifs is 7. The quantitative estimate of drug-likeness (QED) is 0.0958. The Morgan fingerprint density at radius 3 is 1.89 bits per heavy atom. The van der Waals surface area contributed by atoms with E-state index in [0.717, 1.165) is 74.0 Å². The van der Waals surface area contributed by atoms with Crippen LogP contribution in [0.15, 0.2) is 230 Å². The van der Waals surface area contributed by atoms with Gasteiger partial charge in [-0.05, 0) is 95.1 Å². The summed E-state index contributed by atoms with van der Waals surface area (Å²) < 4.78 is 87.8. The van der Waals surface area contributed by atoms with Crippen LogP contribution < -0.4 is 9.30 Å². The van der Waals surface area contributed by atoms with Crippen LogP contribution in [0.25, 0.3) is 99.8 Å². The van der Waals surface area contributed by atoms with Crippen molar-refractivity contribution < 1.29 is 20.3 Å². The first-order valence-corrected chi connectivity index (χ1v) is 24.0. The summed E-state index contributed by atoms with van der Waals surface area (Å²) in [6.45, 7) is 4.35. The van der Waals surface area contributed by atoms with Gasteiger partial charge < -0.3 is 9.30 Å². The molecule has 0 unspecified atom stereocenters. The number of benzene rings is 9. The lowest BCUT2D eigenvalue weighted by Gasteiger charge is -2.17. The van der Waals surface area contributed by atoms with E-state index in [2.05, 4.69) is 96.0 Å². The number of para-hydroxylation sites is 6. The normalized spacial score (nSPS) is 13.3. The monoisotopic (exact) mass is 923 g/mol. The number of pyridine rings is 1. The van der Waals surface area contributed by atoms with Crippen LogP contribution >= 0.6 is 0 Å². The molecular formula is C65H49N5O. The fraction of sp³-hybridized carbons (Fsp3) is 0.0769. The maximum absolute atomic E-state index is 9.49. The highest BCUT2D eigenvalue weighted by molar-refractivity contribution is 6.16. The Bertz CT molecular complexity index is 4470. The third-order valence-corrected chi connectivity index (χ3v) is 13.8.